The molecular weight excluding hydrogens is 356 g/mol. The van der Waals surface area contributed by atoms with Gasteiger partial charge in [0, 0.05) is 12.1 Å². The van der Waals surface area contributed by atoms with Crippen LogP contribution in [-0.2, 0) is 0 Å². The number of ether oxygens (including phenoxy) is 1. The number of nitrogens with zero attached hydrogens (tertiary/aromatic N) is 2. The molecule has 0 saturated heterocycles. The molecule has 2 aromatic carbocycles. The van der Waals surface area contributed by atoms with Crippen molar-refractivity contribution in [2.45, 2.75) is 26.3 Å². The molecule has 0 fully saturated rings. The van der Waals surface area contributed by atoms with E-state index in [1.165, 1.54) is 11.1 Å². The van der Waals surface area contributed by atoms with Crippen LogP contribution in [0, 0.1) is 13.8 Å². The van der Waals surface area contributed by atoms with Crippen LogP contribution >= 0.6 is 11.3 Å². The molecule has 5 nitrogen and oxygen atoms in total. The summed E-state index contributed by atoms with van der Waals surface area (Å²) in [6.07, 6.45) is 0.847. The summed E-state index contributed by atoms with van der Waals surface area (Å²) in [5.74, 6) is 0.864. The Balaban J connectivity index is 1.47. The molecule has 2 heterocycles. The van der Waals surface area contributed by atoms with Crippen molar-refractivity contribution in [2.75, 3.05) is 12.4 Å². The summed E-state index contributed by atoms with van der Waals surface area (Å²) in [5.41, 5.74) is 8.81. The summed E-state index contributed by atoms with van der Waals surface area (Å²) in [6.45, 7) is 4.12. The molecule has 27 heavy (non-hydrogen) atoms. The highest BCUT2D eigenvalue weighted by atomic mass is 32.1. The minimum Gasteiger partial charge on any atom is -0.497 e. The fraction of sp³-hybridized carbons (Fsp3) is 0.238. The predicted octanol–water partition coefficient (Wildman–Crippen LogP) is 4.95. The van der Waals surface area contributed by atoms with Crippen LogP contribution in [0.4, 0.5) is 10.8 Å². The molecule has 0 bridgehead atoms. The number of thiazole rings is 1. The molecule has 2 N–H and O–H groups in total. The van der Waals surface area contributed by atoms with Gasteiger partial charge in [-0.15, -0.1) is 0 Å². The number of anilines is 2. The van der Waals surface area contributed by atoms with Gasteiger partial charge in [0.2, 0.25) is 0 Å². The first-order valence-electron chi connectivity index (χ1n) is 8.90. The third-order valence-corrected chi connectivity index (χ3v) is 5.75. The number of hydrogen-bond donors (Lipinski definition) is 2. The molecule has 3 aromatic rings. The summed E-state index contributed by atoms with van der Waals surface area (Å²) < 4.78 is 5.23. The highest BCUT2D eigenvalue weighted by Gasteiger charge is 2.24. The second kappa shape index (κ2) is 7.40. The maximum absolute atomic E-state index is 5.23. The third kappa shape index (κ3) is 3.80. The predicted molar refractivity (Wildman–Crippen MR) is 111 cm³/mol. The molecule has 6 heteroatoms. The Bertz CT molecular complexity index is 961. The Morgan fingerprint density at radius 2 is 1.81 bits per heavy atom. The van der Waals surface area contributed by atoms with Gasteiger partial charge in [-0.2, -0.15) is 5.10 Å². The van der Waals surface area contributed by atoms with Gasteiger partial charge in [0.05, 0.1) is 29.4 Å². The van der Waals surface area contributed by atoms with Gasteiger partial charge in [0.1, 0.15) is 5.75 Å². The van der Waals surface area contributed by atoms with Gasteiger partial charge in [0.15, 0.2) is 5.13 Å². The fourth-order valence-electron chi connectivity index (χ4n) is 3.09. The molecule has 1 unspecified atom stereocenters. The number of aryl methyl sites for hydroxylation is 2. The number of hydrazone groups is 1. The molecule has 138 valence electrons. The molecule has 1 aliphatic heterocycles. The van der Waals surface area contributed by atoms with Gasteiger partial charge in [-0.25, -0.2) is 4.98 Å². The van der Waals surface area contributed by atoms with E-state index in [0.717, 1.165) is 39.3 Å². The van der Waals surface area contributed by atoms with E-state index in [0.29, 0.717) is 0 Å². The highest BCUT2D eigenvalue weighted by molar-refractivity contribution is 7.17. The minimum atomic E-state index is 0.181. The van der Waals surface area contributed by atoms with E-state index in [2.05, 4.69) is 64.1 Å². The molecular formula is C21H22N4OS. The molecule has 4 rings (SSSR count). The van der Waals surface area contributed by atoms with Crippen LogP contribution < -0.4 is 15.5 Å². The summed E-state index contributed by atoms with van der Waals surface area (Å²) in [5, 5.41) is 8.86. The third-order valence-electron chi connectivity index (χ3n) is 4.63. The van der Waals surface area contributed by atoms with Crippen LogP contribution in [0.2, 0.25) is 0 Å². The van der Waals surface area contributed by atoms with Crippen molar-refractivity contribution in [2.24, 2.45) is 5.10 Å². The summed E-state index contributed by atoms with van der Waals surface area (Å²) >= 11 is 1.65. The van der Waals surface area contributed by atoms with Crippen LogP contribution in [0.5, 0.6) is 5.75 Å². The van der Waals surface area contributed by atoms with Crippen molar-refractivity contribution in [3.05, 3.63) is 70.2 Å². The summed E-state index contributed by atoms with van der Waals surface area (Å²) in [6, 6.07) is 16.6. The van der Waals surface area contributed by atoms with Crippen LogP contribution in [-0.4, -0.2) is 17.8 Å². The fourth-order valence-corrected chi connectivity index (χ4v) is 4.08. The average molecular weight is 379 g/mol. The Labute approximate surface area is 163 Å². The number of methoxy groups -OCH3 is 1. The van der Waals surface area contributed by atoms with E-state index in [1.807, 2.05) is 19.1 Å². The topological polar surface area (TPSA) is 58.5 Å². The van der Waals surface area contributed by atoms with E-state index in [-0.39, 0.29) is 6.04 Å². The standard InChI is InChI=1S/C21H22N4OS/c1-13-4-8-16(9-5-13)23-21-22-14(2)20(27-21)19-12-18(24-25-19)15-6-10-17(26-3)11-7-15/h4-11,18,24H,12H2,1-3H3,(H,22,23). The molecule has 1 atom stereocenters. The number of rotatable bonds is 5. The maximum Gasteiger partial charge on any atom is 0.188 e. The quantitative estimate of drug-likeness (QED) is 0.659. The van der Waals surface area contributed by atoms with Crippen molar-refractivity contribution in [3.63, 3.8) is 0 Å². The first-order valence-corrected chi connectivity index (χ1v) is 9.71. The second-order valence-electron chi connectivity index (χ2n) is 6.64. The number of nitrogens with one attached hydrogen (secondary N) is 2. The zero-order chi connectivity index (χ0) is 18.8. The van der Waals surface area contributed by atoms with E-state index < -0.39 is 0 Å². The van der Waals surface area contributed by atoms with Gasteiger partial charge in [-0.05, 0) is 43.7 Å². The minimum absolute atomic E-state index is 0.181. The van der Waals surface area contributed by atoms with Crippen LogP contribution in [0.1, 0.15) is 34.2 Å². The largest absolute Gasteiger partial charge is 0.497 e. The molecule has 0 aliphatic carbocycles. The van der Waals surface area contributed by atoms with E-state index in [1.54, 1.807) is 18.4 Å². The van der Waals surface area contributed by atoms with Crippen molar-refractivity contribution >= 4 is 27.9 Å². The Morgan fingerprint density at radius 1 is 1.07 bits per heavy atom. The van der Waals surface area contributed by atoms with Gasteiger partial charge in [0.25, 0.3) is 0 Å². The van der Waals surface area contributed by atoms with Gasteiger partial charge in [-0.3, -0.25) is 0 Å². The Morgan fingerprint density at radius 3 is 2.52 bits per heavy atom. The molecule has 0 spiro atoms. The van der Waals surface area contributed by atoms with Crippen molar-refractivity contribution < 1.29 is 4.74 Å². The highest BCUT2D eigenvalue weighted by Crippen LogP contribution is 2.32. The summed E-state index contributed by atoms with van der Waals surface area (Å²) in [4.78, 5) is 5.81. The number of aromatic nitrogens is 1. The van der Waals surface area contributed by atoms with Gasteiger partial charge >= 0.3 is 0 Å². The molecule has 0 radical (unpaired) electrons. The smallest absolute Gasteiger partial charge is 0.188 e. The second-order valence-corrected chi connectivity index (χ2v) is 7.64. The first-order chi connectivity index (χ1) is 13.1. The Hall–Kier alpha value is -2.86. The maximum atomic E-state index is 5.23. The van der Waals surface area contributed by atoms with E-state index in [9.17, 15) is 0 Å². The first kappa shape index (κ1) is 17.5. The lowest BCUT2D eigenvalue weighted by atomic mass is 10.0. The lowest BCUT2D eigenvalue weighted by Gasteiger charge is -2.10. The lowest BCUT2D eigenvalue weighted by Crippen LogP contribution is -2.09. The monoisotopic (exact) mass is 378 g/mol. The zero-order valence-electron chi connectivity index (χ0n) is 15.6. The molecule has 0 saturated carbocycles. The Kier molecular flexibility index (Phi) is 4.81. The SMILES string of the molecule is COc1ccc(C2CC(c3sc(Nc4ccc(C)cc4)nc3C)=NN2)cc1. The molecule has 1 aliphatic rings. The average Bonchev–Trinajstić information content (AvgIpc) is 3.30. The zero-order valence-corrected chi connectivity index (χ0v) is 16.4. The summed E-state index contributed by atoms with van der Waals surface area (Å²) in [7, 11) is 1.68. The number of benzene rings is 2. The van der Waals surface area contributed by atoms with Crippen molar-refractivity contribution in [3.8, 4) is 5.75 Å². The van der Waals surface area contributed by atoms with E-state index in [4.69, 9.17) is 4.74 Å². The lowest BCUT2D eigenvalue weighted by molar-refractivity contribution is 0.414. The van der Waals surface area contributed by atoms with E-state index >= 15 is 0 Å². The van der Waals surface area contributed by atoms with Crippen LogP contribution in [0.25, 0.3) is 0 Å². The van der Waals surface area contributed by atoms with Crippen LogP contribution in [0.15, 0.2) is 53.6 Å². The van der Waals surface area contributed by atoms with Gasteiger partial charge in [-0.1, -0.05) is 41.2 Å². The van der Waals surface area contributed by atoms with Crippen molar-refractivity contribution in [1.29, 1.82) is 0 Å². The number of hydrogen-bond acceptors (Lipinski definition) is 6. The molecule has 1 aromatic heterocycles. The van der Waals surface area contributed by atoms with Gasteiger partial charge < -0.3 is 15.5 Å². The van der Waals surface area contributed by atoms with Crippen molar-refractivity contribution in [1.82, 2.24) is 10.4 Å². The normalized spacial score (nSPS) is 16.0. The molecule has 0 amide bonds. The van der Waals surface area contributed by atoms with Crippen LogP contribution in [0.3, 0.4) is 0 Å².